The minimum absolute atomic E-state index is 0.247. The first-order valence-corrected chi connectivity index (χ1v) is 9.24. The van der Waals surface area contributed by atoms with Crippen LogP contribution in [0.4, 0.5) is 5.82 Å². The van der Waals surface area contributed by atoms with Crippen LogP contribution in [0.15, 0.2) is 33.9 Å². The summed E-state index contributed by atoms with van der Waals surface area (Å²) >= 11 is 0. The number of aryl methyl sites for hydroxylation is 2. The molecule has 0 saturated heterocycles. The zero-order chi connectivity index (χ0) is 17.5. The summed E-state index contributed by atoms with van der Waals surface area (Å²) in [7, 11) is -1.41. The maximum absolute atomic E-state index is 11.8. The molecule has 126 valence electrons. The van der Waals surface area contributed by atoms with Gasteiger partial charge in [0.25, 0.3) is 0 Å². The van der Waals surface area contributed by atoms with Gasteiger partial charge in [0.05, 0.1) is 16.1 Å². The van der Waals surface area contributed by atoms with Crippen LogP contribution in [0, 0.1) is 13.8 Å². The van der Waals surface area contributed by atoms with E-state index in [2.05, 4.69) is 15.1 Å². The average molecular weight is 346 g/mol. The lowest BCUT2D eigenvalue weighted by Gasteiger charge is -2.19. The molecule has 0 amide bonds. The fourth-order valence-electron chi connectivity index (χ4n) is 2.60. The third-order valence-electron chi connectivity index (χ3n) is 3.95. The lowest BCUT2D eigenvalue weighted by atomic mass is 10.2. The zero-order valence-corrected chi connectivity index (χ0v) is 14.8. The topological polar surface area (TPSA) is 89.2 Å². The van der Waals surface area contributed by atoms with Gasteiger partial charge in [0.15, 0.2) is 9.84 Å². The fourth-order valence-corrected chi connectivity index (χ4v) is 3.24. The monoisotopic (exact) mass is 346 g/mol. The lowest BCUT2D eigenvalue weighted by Crippen LogP contribution is -2.19. The van der Waals surface area contributed by atoms with E-state index in [0.29, 0.717) is 23.3 Å². The van der Waals surface area contributed by atoms with Crippen molar-refractivity contribution >= 4 is 26.6 Å². The predicted molar refractivity (Wildman–Crippen MR) is 90.7 cm³/mol. The molecule has 3 aromatic rings. The molecule has 1 aromatic carbocycles. The van der Waals surface area contributed by atoms with Gasteiger partial charge in [-0.05, 0) is 32.0 Å². The first kappa shape index (κ1) is 16.4. The highest BCUT2D eigenvalue weighted by Crippen LogP contribution is 2.27. The molecule has 2 heterocycles. The van der Waals surface area contributed by atoms with Gasteiger partial charge in [-0.25, -0.2) is 18.4 Å². The lowest BCUT2D eigenvalue weighted by molar-refractivity contribution is 0.392. The van der Waals surface area contributed by atoms with Crippen LogP contribution in [-0.4, -0.2) is 36.8 Å². The number of sulfone groups is 1. The van der Waals surface area contributed by atoms with Gasteiger partial charge in [0.2, 0.25) is 0 Å². The predicted octanol–water partition coefficient (Wildman–Crippen LogP) is 2.27. The van der Waals surface area contributed by atoms with E-state index in [1.165, 1.54) is 12.6 Å². The van der Waals surface area contributed by atoms with Crippen LogP contribution in [0.25, 0.3) is 10.9 Å². The molecule has 0 aliphatic carbocycles. The molecule has 0 atom stereocenters. The number of nitrogens with zero attached hydrogens (tertiary/aromatic N) is 4. The number of aromatic nitrogens is 3. The summed E-state index contributed by atoms with van der Waals surface area (Å²) < 4.78 is 28.9. The van der Waals surface area contributed by atoms with Crippen LogP contribution < -0.4 is 4.90 Å². The molecule has 0 aliphatic rings. The van der Waals surface area contributed by atoms with Crippen molar-refractivity contribution in [2.75, 3.05) is 18.2 Å². The van der Waals surface area contributed by atoms with Crippen LogP contribution >= 0.6 is 0 Å². The van der Waals surface area contributed by atoms with Crippen molar-refractivity contribution in [3.05, 3.63) is 41.5 Å². The van der Waals surface area contributed by atoms with E-state index >= 15 is 0 Å². The van der Waals surface area contributed by atoms with Crippen molar-refractivity contribution in [1.82, 2.24) is 15.1 Å². The summed E-state index contributed by atoms with van der Waals surface area (Å²) in [5, 5.41) is 4.65. The van der Waals surface area contributed by atoms with E-state index in [1.54, 1.807) is 18.2 Å². The van der Waals surface area contributed by atoms with Crippen LogP contribution in [0.1, 0.15) is 17.0 Å². The maximum atomic E-state index is 11.8. The Hall–Kier alpha value is -2.48. The number of hydrogen-bond donors (Lipinski definition) is 0. The van der Waals surface area contributed by atoms with Crippen LogP contribution in [0.5, 0.6) is 0 Å². The van der Waals surface area contributed by atoms with Gasteiger partial charge < -0.3 is 9.42 Å². The highest BCUT2D eigenvalue weighted by Gasteiger charge is 2.16. The molecule has 8 heteroatoms. The minimum atomic E-state index is -3.30. The highest BCUT2D eigenvalue weighted by atomic mass is 32.2. The molecule has 2 aromatic heterocycles. The van der Waals surface area contributed by atoms with Crippen molar-refractivity contribution in [3.63, 3.8) is 0 Å². The number of hydrogen-bond acceptors (Lipinski definition) is 7. The van der Waals surface area contributed by atoms with Crippen LogP contribution in [0.3, 0.4) is 0 Å². The Labute approximate surface area is 140 Å². The molecule has 0 aliphatic heterocycles. The molecule has 0 fully saturated rings. The first-order valence-electron chi connectivity index (χ1n) is 7.35. The third kappa shape index (κ3) is 2.96. The summed E-state index contributed by atoms with van der Waals surface area (Å²) in [6, 6.07) is 4.87. The molecule has 7 nitrogen and oxygen atoms in total. The van der Waals surface area contributed by atoms with E-state index in [1.807, 2.05) is 25.8 Å². The Morgan fingerprint density at radius 2 is 1.96 bits per heavy atom. The van der Waals surface area contributed by atoms with Gasteiger partial charge in [0.1, 0.15) is 17.9 Å². The Morgan fingerprint density at radius 1 is 1.21 bits per heavy atom. The van der Waals surface area contributed by atoms with E-state index < -0.39 is 9.84 Å². The third-order valence-corrected chi connectivity index (χ3v) is 5.06. The number of rotatable bonds is 4. The summed E-state index contributed by atoms with van der Waals surface area (Å²) in [6.45, 7) is 4.30. The van der Waals surface area contributed by atoms with Gasteiger partial charge in [-0.3, -0.25) is 0 Å². The molecule has 0 saturated carbocycles. The number of anilines is 1. The summed E-state index contributed by atoms with van der Waals surface area (Å²) in [5.41, 5.74) is 2.51. The second-order valence-electron chi connectivity index (χ2n) is 5.81. The molecule has 0 N–H and O–H groups in total. The minimum Gasteiger partial charge on any atom is -0.361 e. The quantitative estimate of drug-likeness (QED) is 0.716. The Bertz CT molecular complexity index is 992. The Kier molecular flexibility index (Phi) is 4.00. The van der Waals surface area contributed by atoms with Gasteiger partial charge in [-0.1, -0.05) is 5.16 Å². The first-order chi connectivity index (χ1) is 11.3. The molecule has 0 unspecified atom stereocenters. The van der Waals surface area contributed by atoms with Gasteiger partial charge in [0, 0.05) is 30.8 Å². The molecule has 0 spiro atoms. The summed E-state index contributed by atoms with van der Waals surface area (Å²) in [6.07, 6.45) is 2.66. The molecular weight excluding hydrogens is 328 g/mol. The largest absolute Gasteiger partial charge is 0.361 e. The Morgan fingerprint density at radius 3 is 2.58 bits per heavy atom. The van der Waals surface area contributed by atoms with E-state index in [4.69, 9.17) is 4.52 Å². The van der Waals surface area contributed by atoms with E-state index in [0.717, 1.165) is 17.0 Å². The molecule has 0 radical (unpaired) electrons. The maximum Gasteiger partial charge on any atom is 0.175 e. The molecular formula is C16H18N4O3S. The highest BCUT2D eigenvalue weighted by molar-refractivity contribution is 7.90. The second kappa shape index (κ2) is 5.86. The molecule has 0 bridgehead atoms. The second-order valence-corrected chi connectivity index (χ2v) is 7.82. The van der Waals surface area contributed by atoms with Crippen LogP contribution in [-0.2, 0) is 16.4 Å². The van der Waals surface area contributed by atoms with Crippen LogP contribution in [0.2, 0.25) is 0 Å². The number of benzene rings is 1. The Balaban J connectivity index is 2.08. The van der Waals surface area contributed by atoms with Crippen molar-refractivity contribution in [2.45, 2.75) is 25.3 Å². The smallest absolute Gasteiger partial charge is 0.175 e. The fraction of sp³-hybridized carbons (Fsp3) is 0.312. The molecule has 24 heavy (non-hydrogen) atoms. The van der Waals surface area contributed by atoms with Crippen molar-refractivity contribution in [2.24, 2.45) is 0 Å². The van der Waals surface area contributed by atoms with Gasteiger partial charge in [-0.15, -0.1) is 0 Å². The van der Waals surface area contributed by atoms with Crippen molar-refractivity contribution < 1.29 is 12.9 Å². The zero-order valence-electron chi connectivity index (χ0n) is 13.9. The standard InChI is InChI=1S/C16H18N4O3S/c1-10-14(11(2)23-19-10)8-20(3)16-13-7-12(24(4,21)22)5-6-15(13)17-9-18-16/h5-7,9H,8H2,1-4H3. The van der Waals surface area contributed by atoms with E-state index in [-0.39, 0.29) is 4.90 Å². The van der Waals surface area contributed by atoms with Crippen molar-refractivity contribution in [3.8, 4) is 0 Å². The summed E-state index contributed by atoms with van der Waals surface area (Å²) in [4.78, 5) is 10.7. The van der Waals surface area contributed by atoms with E-state index in [9.17, 15) is 8.42 Å². The SMILES string of the molecule is Cc1noc(C)c1CN(C)c1ncnc2ccc(S(C)(=O)=O)cc12. The summed E-state index contributed by atoms with van der Waals surface area (Å²) in [5.74, 6) is 1.42. The van der Waals surface area contributed by atoms with Gasteiger partial charge >= 0.3 is 0 Å². The number of fused-ring (bicyclic) bond motifs is 1. The normalized spacial score (nSPS) is 11.8. The van der Waals surface area contributed by atoms with Crippen molar-refractivity contribution in [1.29, 1.82) is 0 Å². The van der Waals surface area contributed by atoms with Gasteiger partial charge in [-0.2, -0.15) is 0 Å². The molecule has 3 rings (SSSR count). The average Bonchev–Trinajstić information content (AvgIpc) is 2.84.